The third-order valence-corrected chi connectivity index (χ3v) is 5.97. The molecule has 4 rings (SSSR count). The maximum atomic E-state index is 13.7. The van der Waals surface area contributed by atoms with Crippen LogP contribution < -0.4 is 15.5 Å². The predicted molar refractivity (Wildman–Crippen MR) is 135 cm³/mol. The van der Waals surface area contributed by atoms with E-state index in [2.05, 4.69) is 20.5 Å². The van der Waals surface area contributed by atoms with Crippen molar-refractivity contribution in [1.82, 2.24) is 15.2 Å². The second-order valence-electron chi connectivity index (χ2n) is 8.46. The summed E-state index contributed by atoms with van der Waals surface area (Å²) in [5.41, 5.74) is 3.72. The third-order valence-electron chi connectivity index (χ3n) is 5.97. The third kappa shape index (κ3) is 5.61. The topological polar surface area (TPSA) is 77.6 Å². The molecule has 0 spiro atoms. The number of nitrogens with zero attached hydrogens (tertiary/aromatic N) is 3. The van der Waals surface area contributed by atoms with Gasteiger partial charge in [-0.05, 0) is 37.6 Å². The average molecular weight is 458 g/mol. The van der Waals surface area contributed by atoms with Crippen molar-refractivity contribution < 1.29 is 9.59 Å². The number of amides is 2. The van der Waals surface area contributed by atoms with Gasteiger partial charge in [-0.3, -0.25) is 9.59 Å². The summed E-state index contributed by atoms with van der Waals surface area (Å²) >= 11 is 0. The van der Waals surface area contributed by atoms with Gasteiger partial charge >= 0.3 is 0 Å². The van der Waals surface area contributed by atoms with Crippen molar-refractivity contribution in [1.29, 1.82) is 0 Å². The molecule has 0 bridgehead atoms. The molecule has 0 unspecified atom stereocenters. The molecule has 34 heavy (non-hydrogen) atoms. The Morgan fingerprint density at radius 3 is 2.44 bits per heavy atom. The zero-order valence-electron chi connectivity index (χ0n) is 19.8. The minimum absolute atomic E-state index is 0.0983. The standard InChI is InChI=1S/C27H31N5O2/c1-3-31(19-21-7-5-4-6-8-21)27(34)24-17-23(18-29-25(24)32-15-13-28-14-16-32)30-26(33)22-11-9-20(2)10-12-22/h4-12,17-18,28H,3,13-16,19H2,1-2H3,(H,30,33). The average Bonchev–Trinajstić information content (AvgIpc) is 2.88. The van der Waals surface area contributed by atoms with Crippen molar-refractivity contribution in [2.75, 3.05) is 42.9 Å². The number of hydrogen-bond donors (Lipinski definition) is 2. The van der Waals surface area contributed by atoms with Gasteiger partial charge in [-0.15, -0.1) is 0 Å². The molecule has 176 valence electrons. The first-order valence-corrected chi connectivity index (χ1v) is 11.7. The summed E-state index contributed by atoms with van der Waals surface area (Å²) in [7, 11) is 0. The molecule has 2 N–H and O–H groups in total. The van der Waals surface area contributed by atoms with Crippen LogP contribution in [0.5, 0.6) is 0 Å². The highest BCUT2D eigenvalue weighted by molar-refractivity contribution is 6.06. The monoisotopic (exact) mass is 457 g/mol. The number of piperazine rings is 1. The Labute approximate surface area is 200 Å². The first-order chi connectivity index (χ1) is 16.5. The number of rotatable bonds is 7. The van der Waals surface area contributed by atoms with E-state index >= 15 is 0 Å². The van der Waals surface area contributed by atoms with Crippen LogP contribution in [0, 0.1) is 6.92 Å². The fraction of sp³-hybridized carbons (Fsp3) is 0.296. The van der Waals surface area contributed by atoms with E-state index in [1.165, 1.54) is 0 Å². The molecule has 0 radical (unpaired) electrons. The molecule has 0 saturated carbocycles. The number of carbonyl (C=O) groups excluding carboxylic acids is 2. The highest BCUT2D eigenvalue weighted by atomic mass is 16.2. The molecular formula is C27H31N5O2. The lowest BCUT2D eigenvalue weighted by Gasteiger charge is -2.31. The number of aryl methyl sites for hydroxylation is 1. The Balaban J connectivity index is 1.63. The molecule has 0 aliphatic carbocycles. The molecule has 2 amide bonds. The second kappa shape index (κ2) is 10.9. The van der Waals surface area contributed by atoms with E-state index in [0.717, 1.165) is 37.3 Å². The van der Waals surface area contributed by atoms with Crippen LogP contribution in [0.2, 0.25) is 0 Å². The molecule has 2 aromatic carbocycles. The van der Waals surface area contributed by atoms with E-state index in [1.807, 2.05) is 61.2 Å². The number of nitrogens with one attached hydrogen (secondary N) is 2. The number of aromatic nitrogens is 1. The fourth-order valence-electron chi connectivity index (χ4n) is 4.02. The van der Waals surface area contributed by atoms with E-state index < -0.39 is 0 Å². The molecule has 1 aliphatic heterocycles. The van der Waals surface area contributed by atoms with Crippen LogP contribution in [0.25, 0.3) is 0 Å². The fourth-order valence-corrected chi connectivity index (χ4v) is 4.02. The van der Waals surface area contributed by atoms with Crippen LogP contribution in [-0.2, 0) is 6.54 Å². The zero-order chi connectivity index (χ0) is 23.9. The number of pyridine rings is 1. The Morgan fingerprint density at radius 1 is 1.06 bits per heavy atom. The Morgan fingerprint density at radius 2 is 1.76 bits per heavy atom. The summed E-state index contributed by atoms with van der Waals surface area (Å²) in [6, 6.07) is 19.1. The molecule has 0 atom stereocenters. The van der Waals surface area contributed by atoms with Crippen molar-refractivity contribution in [3.05, 3.63) is 89.1 Å². The molecule has 1 saturated heterocycles. The maximum absolute atomic E-state index is 13.7. The quantitative estimate of drug-likeness (QED) is 0.566. The lowest BCUT2D eigenvalue weighted by molar-refractivity contribution is 0.0752. The van der Waals surface area contributed by atoms with Gasteiger partial charge in [0.2, 0.25) is 0 Å². The van der Waals surface area contributed by atoms with Gasteiger partial charge in [0.05, 0.1) is 17.4 Å². The van der Waals surface area contributed by atoms with Gasteiger partial charge < -0.3 is 20.4 Å². The van der Waals surface area contributed by atoms with Gasteiger partial charge in [-0.2, -0.15) is 0 Å². The van der Waals surface area contributed by atoms with Gasteiger partial charge in [0.25, 0.3) is 11.8 Å². The number of carbonyl (C=O) groups is 2. The smallest absolute Gasteiger partial charge is 0.257 e. The molecule has 1 aliphatic rings. The lowest BCUT2D eigenvalue weighted by Crippen LogP contribution is -2.45. The minimum Gasteiger partial charge on any atom is -0.353 e. The summed E-state index contributed by atoms with van der Waals surface area (Å²) in [5, 5.41) is 6.24. The van der Waals surface area contributed by atoms with Crippen molar-refractivity contribution in [2.24, 2.45) is 0 Å². The summed E-state index contributed by atoms with van der Waals surface area (Å²) in [4.78, 5) is 35.1. The van der Waals surface area contributed by atoms with Gasteiger partial charge in [-0.1, -0.05) is 48.0 Å². The molecule has 2 heterocycles. The van der Waals surface area contributed by atoms with Crippen molar-refractivity contribution in [2.45, 2.75) is 20.4 Å². The highest BCUT2D eigenvalue weighted by Gasteiger charge is 2.24. The first-order valence-electron chi connectivity index (χ1n) is 11.7. The van der Waals surface area contributed by atoms with E-state index in [9.17, 15) is 9.59 Å². The molecule has 7 heteroatoms. The number of anilines is 2. The van der Waals surface area contributed by atoms with Crippen LogP contribution in [0.1, 0.15) is 38.8 Å². The van der Waals surface area contributed by atoms with Crippen molar-refractivity contribution in [3.8, 4) is 0 Å². The van der Waals surface area contributed by atoms with Gasteiger partial charge in [0, 0.05) is 44.8 Å². The SMILES string of the molecule is CCN(Cc1ccccc1)C(=O)c1cc(NC(=O)c2ccc(C)cc2)cnc1N1CCNCC1. The van der Waals surface area contributed by atoms with Gasteiger partial charge in [0.15, 0.2) is 0 Å². The summed E-state index contributed by atoms with van der Waals surface area (Å²) in [5.74, 6) is 0.330. The Hall–Kier alpha value is -3.71. The largest absolute Gasteiger partial charge is 0.353 e. The predicted octanol–water partition coefficient (Wildman–Crippen LogP) is 3.71. The van der Waals surface area contributed by atoms with E-state index in [-0.39, 0.29) is 11.8 Å². The molecule has 1 fully saturated rings. The maximum Gasteiger partial charge on any atom is 0.257 e. The van der Waals surface area contributed by atoms with Crippen LogP contribution in [0.15, 0.2) is 66.9 Å². The van der Waals surface area contributed by atoms with Crippen molar-refractivity contribution >= 4 is 23.3 Å². The molecule has 1 aromatic heterocycles. The number of hydrogen-bond acceptors (Lipinski definition) is 5. The van der Waals surface area contributed by atoms with E-state index in [0.29, 0.717) is 35.7 Å². The summed E-state index contributed by atoms with van der Waals surface area (Å²) in [6.45, 7) is 8.24. The highest BCUT2D eigenvalue weighted by Crippen LogP contribution is 2.25. The first kappa shape index (κ1) is 23.4. The molecule has 7 nitrogen and oxygen atoms in total. The van der Waals surface area contributed by atoms with E-state index in [1.54, 1.807) is 24.4 Å². The van der Waals surface area contributed by atoms with Crippen LogP contribution in [0.4, 0.5) is 11.5 Å². The number of benzene rings is 2. The van der Waals surface area contributed by atoms with Crippen LogP contribution >= 0.6 is 0 Å². The second-order valence-corrected chi connectivity index (χ2v) is 8.46. The zero-order valence-corrected chi connectivity index (χ0v) is 19.8. The van der Waals surface area contributed by atoms with Crippen LogP contribution in [-0.4, -0.2) is 54.4 Å². The normalized spacial score (nSPS) is 13.4. The van der Waals surface area contributed by atoms with Crippen molar-refractivity contribution in [3.63, 3.8) is 0 Å². The van der Waals surface area contributed by atoms with Gasteiger partial charge in [-0.25, -0.2) is 4.98 Å². The minimum atomic E-state index is -0.230. The summed E-state index contributed by atoms with van der Waals surface area (Å²) < 4.78 is 0. The Bertz CT molecular complexity index is 1130. The van der Waals surface area contributed by atoms with Crippen LogP contribution in [0.3, 0.4) is 0 Å². The Kier molecular flexibility index (Phi) is 7.54. The molecule has 3 aromatic rings. The van der Waals surface area contributed by atoms with Gasteiger partial charge in [0.1, 0.15) is 5.82 Å². The lowest BCUT2D eigenvalue weighted by atomic mass is 10.1. The van der Waals surface area contributed by atoms with E-state index in [4.69, 9.17) is 0 Å². The molecular weight excluding hydrogens is 426 g/mol. The summed E-state index contributed by atoms with van der Waals surface area (Å²) in [6.07, 6.45) is 1.63.